The third kappa shape index (κ3) is 3.63. The van der Waals surface area contributed by atoms with Gasteiger partial charge in [0.2, 0.25) is 5.88 Å². The zero-order valence-corrected chi connectivity index (χ0v) is 16.3. The summed E-state index contributed by atoms with van der Waals surface area (Å²) in [6.45, 7) is 6.39. The second-order valence-electron chi connectivity index (χ2n) is 6.44. The number of amides is 1. The summed E-state index contributed by atoms with van der Waals surface area (Å²) in [4.78, 5) is 20.0. The molecular weight excluding hydrogens is 383 g/mol. The van der Waals surface area contributed by atoms with Gasteiger partial charge in [0, 0.05) is 13.1 Å². The molecule has 0 aliphatic carbocycles. The number of halogens is 1. The van der Waals surface area contributed by atoms with Crippen LogP contribution >= 0.6 is 11.3 Å². The third-order valence-electron chi connectivity index (χ3n) is 4.50. The molecule has 1 saturated heterocycles. The van der Waals surface area contributed by atoms with Crippen LogP contribution in [0.1, 0.15) is 21.1 Å². The Balaban J connectivity index is 1.58. The number of nitrogens with zero attached hydrogens (tertiary/aromatic N) is 3. The molecule has 0 saturated carbocycles. The zero-order chi connectivity index (χ0) is 19.7. The molecule has 2 aromatic heterocycles. The normalized spacial score (nSPS) is 14.3. The Labute approximate surface area is 165 Å². The monoisotopic (exact) mass is 402 g/mol. The third-order valence-corrected chi connectivity index (χ3v) is 5.71. The molecule has 1 aliphatic heterocycles. The number of carbonyl (C=O) groups excluding carboxylic acids is 1. The van der Waals surface area contributed by atoms with Gasteiger partial charge in [0.1, 0.15) is 10.7 Å². The van der Waals surface area contributed by atoms with Gasteiger partial charge in [0.05, 0.1) is 30.2 Å². The number of anilines is 2. The van der Waals surface area contributed by atoms with E-state index in [0.29, 0.717) is 40.6 Å². The molecule has 146 valence electrons. The van der Waals surface area contributed by atoms with Gasteiger partial charge in [-0.05, 0) is 31.5 Å². The van der Waals surface area contributed by atoms with Crippen molar-refractivity contribution in [3.05, 3.63) is 46.3 Å². The summed E-state index contributed by atoms with van der Waals surface area (Å²) in [5.74, 6) is -0.414. The molecule has 7 nitrogen and oxygen atoms in total. The van der Waals surface area contributed by atoms with E-state index < -0.39 is 0 Å². The van der Waals surface area contributed by atoms with Crippen molar-refractivity contribution in [2.24, 2.45) is 0 Å². The maximum Gasteiger partial charge on any atom is 0.270 e. The van der Waals surface area contributed by atoms with Gasteiger partial charge in [-0.3, -0.25) is 10.1 Å². The number of hydrogen-bond acceptors (Lipinski definition) is 7. The van der Waals surface area contributed by atoms with Crippen LogP contribution in [0.2, 0.25) is 0 Å². The number of ether oxygens (including phenoxy) is 1. The molecule has 1 fully saturated rings. The fourth-order valence-corrected chi connectivity index (χ4v) is 4.07. The number of carbonyl (C=O) groups is 1. The Morgan fingerprint density at radius 2 is 1.89 bits per heavy atom. The minimum Gasteiger partial charge on any atom is -0.378 e. The first kappa shape index (κ1) is 18.6. The molecule has 1 N–H and O–H groups in total. The van der Waals surface area contributed by atoms with Gasteiger partial charge in [0.25, 0.3) is 5.91 Å². The highest BCUT2D eigenvalue weighted by Crippen LogP contribution is 2.33. The van der Waals surface area contributed by atoms with Gasteiger partial charge in [0.15, 0.2) is 5.13 Å². The molecule has 1 aromatic carbocycles. The topological polar surface area (TPSA) is 80.5 Å². The molecule has 9 heteroatoms. The van der Waals surface area contributed by atoms with Crippen LogP contribution in [0, 0.1) is 19.7 Å². The maximum atomic E-state index is 13.2. The molecule has 0 atom stereocenters. The number of aryl methyl sites for hydroxylation is 2. The lowest BCUT2D eigenvalue weighted by Gasteiger charge is -2.25. The van der Waals surface area contributed by atoms with Crippen LogP contribution in [-0.4, -0.2) is 42.4 Å². The molecule has 1 aliphatic rings. The zero-order valence-electron chi connectivity index (χ0n) is 15.5. The first-order valence-corrected chi connectivity index (χ1v) is 9.68. The average Bonchev–Trinajstić information content (AvgIpc) is 3.26. The van der Waals surface area contributed by atoms with Gasteiger partial charge < -0.3 is 14.2 Å². The molecule has 0 radical (unpaired) electrons. The van der Waals surface area contributed by atoms with E-state index in [4.69, 9.17) is 9.26 Å². The molecule has 0 bridgehead atoms. The minimum atomic E-state index is -0.334. The largest absolute Gasteiger partial charge is 0.378 e. The molecule has 28 heavy (non-hydrogen) atoms. The summed E-state index contributed by atoms with van der Waals surface area (Å²) in [5, 5.41) is 7.53. The Morgan fingerprint density at radius 1 is 1.18 bits per heavy atom. The lowest BCUT2D eigenvalue weighted by atomic mass is 10.1. The first-order chi connectivity index (χ1) is 13.5. The van der Waals surface area contributed by atoms with Crippen LogP contribution in [0.25, 0.3) is 11.1 Å². The van der Waals surface area contributed by atoms with Crippen molar-refractivity contribution in [1.29, 1.82) is 0 Å². The van der Waals surface area contributed by atoms with E-state index >= 15 is 0 Å². The lowest BCUT2D eigenvalue weighted by Crippen LogP contribution is -2.36. The summed E-state index contributed by atoms with van der Waals surface area (Å²) < 4.78 is 23.9. The van der Waals surface area contributed by atoms with E-state index in [1.165, 1.54) is 23.5 Å². The molecule has 1 amide bonds. The predicted octanol–water partition coefficient (Wildman–Crippen LogP) is 3.64. The number of rotatable bonds is 4. The van der Waals surface area contributed by atoms with E-state index in [1.54, 1.807) is 19.1 Å². The highest BCUT2D eigenvalue weighted by atomic mass is 32.1. The molecule has 3 heterocycles. The Bertz CT molecular complexity index is 993. The van der Waals surface area contributed by atoms with Crippen LogP contribution in [0.5, 0.6) is 0 Å². The van der Waals surface area contributed by atoms with Crippen molar-refractivity contribution in [3.8, 4) is 11.1 Å². The number of benzene rings is 1. The van der Waals surface area contributed by atoms with Crippen molar-refractivity contribution in [3.63, 3.8) is 0 Å². The predicted molar refractivity (Wildman–Crippen MR) is 104 cm³/mol. The number of nitrogens with one attached hydrogen (secondary N) is 1. The van der Waals surface area contributed by atoms with E-state index in [0.717, 1.165) is 18.2 Å². The van der Waals surface area contributed by atoms with Gasteiger partial charge in [-0.15, -0.1) is 0 Å². The Kier molecular flexibility index (Phi) is 5.10. The van der Waals surface area contributed by atoms with Gasteiger partial charge >= 0.3 is 0 Å². The fourth-order valence-electron chi connectivity index (χ4n) is 3.05. The Hall–Kier alpha value is -2.78. The second kappa shape index (κ2) is 7.69. The number of hydrogen-bond donors (Lipinski definition) is 1. The minimum absolute atomic E-state index is 0.231. The van der Waals surface area contributed by atoms with Crippen molar-refractivity contribution in [2.75, 3.05) is 36.5 Å². The molecule has 0 spiro atoms. The lowest BCUT2D eigenvalue weighted by molar-refractivity contribution is 0.102. The van der Waals surface area contributed by atoms with Crippen LogP contribution < -0.4 is 10.2 Å². The van der Waals surface area contributed by atoms with E-state index in [2.05, 4.69) is 20.4 Å². The highest BCUT2D eigenvalue weighted by Gasteiger charge is 2.23. The fraction of sp³-hybridized carbons (Fsp3) is 0.316. The van der Waals surface area contributed by atoms with Crippen LogP contribution in [-0.2, 0) is 4.74 Å². The van der Waals surface area contributed by atoms with Crippen LogP contribution in [0.15, 0.2) is 28.8 Å². The number of thiazole rings is 1. The summed E-state index contributed by atoms with van der Waals surface area (Å²) in [6.07, 6.45) is 0. The summed E-state index contributed by atoms with van der Waals surface area (Å²) >= 11 is 1.34. The Morgan fingerprint density at radius 3 is 2.61 bits per heavy atom. The smallest absolute Gasteiger partial charge is 0.270 e. The second-order valence-corrected chi connectivity index (χ2v) is 7.42. The number of morpholine rings is 1. The molecular formula is C19H19FN4O3S. The van der Waals surface area contributed by atoms with Crippen molar-refractivity contribution >= 4 is 28.3 Å². The van der Waals surface area contributed by atoms with E-state index in [-0.39, 0.29) is 17.6 Å². The maximum absolute atomic E-state index is 13.2. The van der Waals surface area contributed by atoms with E-state index in [1.807, 2.05) is 6.92 Å². The van der Waals surface area contributed by atoms with Gasteiger partial charge in [-0.25, -0.2) is 9.37 Å². The van der Waals surface area contributed by atoms with Crippen LogP contribution in [0.4, 0.5) is 15.4 Å². The summed E-state index contributed by atoms with van der Waals surface area (Å²) in [7, 11) is 0. The molecule has 0 unspecified atom stereocenters. The summed E-state index contributed by atoms with van der Waals surface area (Å²) in [5.41, 5.74) is 2.61. The summed E-state index contributed by atoms with van der Waals surface area (Å²) in [6, 6.07) is 5.96. The molecule has 4 rings (SSSR count). The van der Waals surface area contributed by atoms with Crippen molar-refractivity contribution < 1.29 is 18.4 Å². The number of aromatic nitrogens is 2. The standard InChI is InChI=1S/C19H19FN4O3S/c1-11-15(13-3-5-14(20)6-4-13)18(27-23-11)22-17(25)16-12(2)21-19(28-16)24-7-9-26-10-8-24/h3-6H,7-10H2,1-2H3,(H,22,25). The average molecular weight is 402 g/mol. The van der Waals surface area contributed by atoms with Crippen molar-refractivity contribution in [2.45, 2.75) is 13.8 Å². The van der Waals surface area contributed by atoms with E-state index in [9.17, 15) is 9.18 Å². The van der Waals surface area contributed by atoms with Crippen molar-refractivity contribution in [1.82, 2.24) is 10.1 Å². The van der Waals surface area contributed by atoms with Gasteiger partial charge in [-0.1, -0.05) is 28.6 Å². The molecule has 3 aromatic rings. The first-order valence-electron chi connectivity index (χ1n) is 8.86. The van der Waals surface area contributed by atoms with Gasteiger partial charge in [-0.2, -0.15) is 0 Å². The highest BCUT2D eigenvalue weighted by molar-refractivity contribution is 7.17. The van der Waals surface area contributed by atoms with Crippen LogP contribution in [0.3, 0.4) is 0 Å². The SMILES string of the molecule is Cc1nc(N2CCOCC2)sc1C(=O)Nc1onc(C)c1-c1ccc(F)cc1. The quantitative estimate of drug-likeness (QED) is 0.718.